The Labute approximate surface area is 350 Å². The highest BCUT2D eigenvalue weighted by Gasteiger charge is 2.51. The number of fused-ring (bicyclic) bond motifs is 4. The van der Waals surface area contributed by atoms with Crippen molar-refractivity contribution in [2.24, 2.45) is 23.2 Å². The van der Waals surface area contributed by atoms with Crippen LogP contribution in [0.25, 0.3) is 39.0 Å². The fraction of sp³-hybridized carbons (Fsp3) is 0.543. The van der Waals surface area contributed by atoms with Gasteiger partial charge in [0.1, 0.15) is 12.1 Å². The van der Waals surface area contributed by atoms with Gasteiger partial charge in [0.2, 0.25) is 5.91 Å². The molecule has 8 bridgehead atoms. The summed E-state index contributed by atoms with van der Waals surface area (Å²) in [5, 5.41) is 8.63. The number of nitrogens with zero attached hydrogens (tertiary/aromatic N) is 5. The van der Waals surface area contributed by atoms with Crippen molar-refractivity contribution >= 4 is 45.6 Å². The largest absolute Gasteiger partial charge is 0.464 e. The van der Waals surface area contributed by atoms with Crippen LogP contribution in [0.5, 0.6) is 0 Å². The second-order valence-corrected chi connectivity index (χ2v) is 19.4. The number of aromatic nitrogens is 3. The van der Waals surface area contributed by atoms with Crippen molar-refractivity contribution in [2.75, 3.05) is 33.9 Å². The number of hydrogen-bond acceptors (Lipinski definition) is 10. The number of amides is 2. The molecule has 2 saturated heterocycles. The molecular formula is C46H57N7O5S. The number of carbonyl (C=O) groups excluding carboxylic acids is 3. The molecule has 12 nitrogen and oxygen atoms in total. The Hall–Kier alpha value is -4.43. The number of cyclic esters (lactones) is 1. The number of hydrogen-bond donors (Lipinski definition) is 2. The van der Waals surface area contributed by atoms with Gasteiger partial charge >= 0.3 is 5.97 Å². The molecule has 4 fully saturated rings. The Morgan fingerprint density at radius 3 is 2.68 bits per heavy atom. The van der Waals surface area contributed by atoms with Crippen molar-refractivity contribution in [3.8, 4) is 22.5 Å². The van der Waals surface area contributed by atoms with Crippen LogP contribution in [0.1, 0.15) is 88.2 Å². The van der Waals surface area contributed by atoms with E-state index >= 15 is 0 Å². The van der Waals surface area contributed by atoms with Gasteiger partial charge in [-0.2, -0.15) is 0 Å². The van der Waals surface area contributed by atoms with Crippen LogP contribution in [0.4, 0.5) is 0 Å². The molecule has 312 valence electrons. The summed E-state index contributed by atoms with van der Waals surface area (Å²) < 4.78 is 14.6. The van der Waals surface area contributed by atoms with E-state index in [1.54, 1.807) is 12.1 Å². The van der Waals surface area contributed by atoms with E-state index in [9.17, 15) is 14.4 Å². The van der Waals surface area contributed by atoms with Crippen LogP contribution < -0.4 is 10.7 Å². The van der Waals surface area contributed by atoms with Crippen LogP contribution in [0.3, 0.4) is 0 Å². The molecular weight excluding hydrogens is 763 g/mol. The van der Waals surface area contributed by atoms with Crippen LogP contribution in [-0.2, 0) is 43.2 Å². The minimum absolute atomic E-state index is 0.0367. The molecule has 5 atom stereocenters. The Balaban J connectivity index is 1.18. The number of likely N-dealkylation sites (N-methyl/N-ethyl adjacent to an activating group) is 1. The number of hydrazine groups is 1. The lowest BCUT2D eigenvalue weighted by molar-refractivity contribution is -0.171. The fourth-order valence-electron chi connectivity index (χ4n) is 9.60. The first-order valence-electron chi connectivity index (χ1n) is 21.4. The van der Waals surface area contributed by atoms with Gasteiger partial charge in [-0.1, -0.05) is 32.9 Å². The molecule has 3 aromatic heterocycles. The van der Waals surface area contributed by atoms with E-state index in [0.29, 0.717) is 25.2 Å². The van der Waals surface area contributed by atoms with Gasteiger partial charge < -0.3 is 24.3 Å². The molecule has 13 heteroatoms. The number of esters is 1. The lowest BCUT2D eigenvalue weighted by Crippen LogP contribution is -2.71. The van der Waals surface area contributed by atoms with Gasteiger partial charge in [-0.05, 0) is 99.7 Å². The van der Waals surface area contributed by atoms with E-state index in [1.165, 1.54) is 16.9 Å². The minimum atomic E-state index is -0.818. The number of benzene rings is 1. The lowest BCUT2D eigenvalue weighted by Gasteiger charge is -2.53. The van der Waals surface area contributed by atoms with Gasteiger partial charge in [-0.25, -0.2) is 10.4 Å². The summed E-state index contributed by atoms with van der Waals surface area (Å²) in [4.78, 5) is 54.3. The molecule has 6 aliphatic rings. The number of ether oxygens (including phenoxy) is 2. The molecule has 2 N–H and O–H groups in total. The van der Waals surface area contributed by atoms with E-state index in [2.05, 4.69) is 97.6 Å². The molecule has 5 unspecified atom stereocenters. The third kappa shape index (κ3) is 7.53. The number of methoxy groups -OCH3 is 1. The van der Waals surface area contributed by atoms with E-state index in [-0.39, 0.29) is 54.8 Å². The van der Waals surface area contributed by atoms with Gasteiger partial charge in [-0.15, -0.1) is 11.3 Å². The molecule has 7 heterocycles. The van der Waals surface area contributed by atoms with Crippen LogP contribution in [0, 0.1) is 23.2 Å². The lowest BCUT2D eigenvalue weighted by atomic mass is 9.73. The zero-order chi connectivity index (χ0) is 41.3. The standard InChI is InChI=1S/C46H57N7O5S/c1-8-52-38-10-9-28-18-33(38)35(42(52)34-19-30(22-47-40(34)26(3)57-7)27-11-13-51(6)14-12-27)21-46(4,5)24-58-45(56)41-29-16-31(17-29)53(50-41)44(55)36(20-39-48-37(28)23-59-39)49-43(54)32-15-25(32)2/h9-11,18-19,22-23,25-26,29,31-32,36,41,50H,8,12-17,20-21,24H2,1-7H3,(H,49,54). The number of rotatable bonds is 7. The molecule has 59 heavy (non-hydrogen) atoms. The van der Waals surface area contributed by atoms with Crippen LogP contribution in [0.2, 0.25) is 0 Å². The molecule has 2 saturated carbocycles. The Morgan fingerprint density at radius 1 is 1.17 bits per heavy atom. The maximum atomic E-state index is 14.4. The van der Waals surface area contributed by atoms with Crippen molar-refractivity contribution in [3.05, 3.63) is 63.7 Å². The molecule has 4 aliphatic heterocycles. The SMILES string of the molecule is CCn1c(-c2cc(C3=CCN(C)CC3)cnc2C(C)OC)c2c3cc(ccc31)-c1csc(n1)CC(NC(=O)C1CC1C)C(=O)N1NC(C(=O)OCC(C)(C)C2)C2CC1C2. The Morgan fingerprint density at radius 2 is 1.97 bits per heavy atom. The highest BCUT2D eigenvalue weighted by atomic mass is 32.1. The summed E-state index contributed by atoms with van der Waals surface area (Å²) in [7, 11) is 3.88. The topological polar surface area (TPSA) is 131 Å². The Kier molecular flexibility index (Phi) is 10.5. The average molecular weight is 820 g/mol. The normalized spacial score (nSPS) is 27.4. The summed E-state index contributed by atoms with van der Waals surface area (Å²) >= 11 is 1.50. The van der Waals surface area contributed by atoms with Crippen molar-refractivity contribution in [3.63, 3.8) is 0 Å². The summed E-state index contributed by atoms with van der Waals surface area (Å²) in [6, 6.07) is 7.38. The first kappa shape index (κ1) is 40.0. The zero-order valence-electron chi connectivity index (χ0n) is 35.3. The van der Waals surface area contributed by atoms with Crippen LogP contribution >= 0.6 is 11.3 Å². The van der Waals surface area contributed by atoms with E-state index < -0.39 is 17.5 Å². The monoisotopic (exact) mass is 819 g/mol. The van der Waals surface area contributed by atoms with Crippen molar-refractivity contribution in [2.45, 2.75) is 104 Å². The second-order valence-electron chi connectivity index (χ2n) is 18.4. The highest BCUT2D eigenvalue weighted by molar-refractivity contribution is 7.10. The van der Waals surface area contributed by atoms with Crippen LogP contribution in [-0.4, -0.2) is 94.2 Å². The average Bonchev–Trinajstić information content (AvgIpc) is 3.64. The number of aryl methyl sites for hydroxylation is 1. The van der Waals surface area contributed by atoms with Crippen LogP contribution in [0.15, 0.2) is 41.9 Å². The van der Waals surface area contributed by atoms with E-state index in [0.717, 1.165) is 87.7 Å². The van der Waals surface area contributed by atoms with Gasteiger partial charge in [0, 0.05) is 84.1 Å². The number of nitrogens with one attached hydrogen (secondary N) is 2. The number of carbonyl (C=O) groups is 3. The molecule has 10 rings (SSSR count). The minimum Gasteiger partial charge on any atom is -0.464 e. The highest BCUT2D eigenvalue weighted by Crippen LogP contribution is 2.44. The van der Waals surface area contributed by atoms with Crippen molar-refractivity contribution < 1.29 is 23.9 Å². The first-order valence-corrected chi connectivity index (χ1v) is 22.3. The molecule has 4 aromatic rings. The predicted octanol–water partition coefficient (Wildman–Crippen LogP) is 6.58. The van der Waals surface area contributed by atoms with Gasteiger partial charge in [0.25, 0.3) is 5.91 Å². The molecule has 2 amide bonds. The summed E-state index contributed by atoms with van der Waals surface area (Å²) in [5.41, 5.74) is 12.3. The second kappa shape index (κ2) is 15.6. The summed E-state index contributed by atoms with van der Waals surface area (Å²) in [5.74, 6) is -0.392. The van der Waals surface area contributed by atoms with Crippen molar-refractivity contribution in [1.29, 1.82) is 0 Å². The summed E-state index contributed by atoms with van der Waals surface area (Å²) in [6.07, 6.45) is 8.15. The number of thiazole rings is 1. The first-order chi connectivity index (χ1) is 28.3. The summed E-state index contributed by atoms with van der Waals surface area (Å²) in [6.45, 7) is 13.4. The van der Waals surface area contributed by atoms with Gasteiger partial charge in [0.15, 0.2) is 0 Å². The van der Waals surface area contributed by atoms with Gasteiger partial charge in [-0.3, -0.25) is 24.4 Å². The molecule has 1 aromatic carbocycles. The molecule has 0 spiro atoms. The van der Waals surface area contributed by atoms with E-state index in [4.69, 9.17) is 19.4 Å². The smallest absolute Gasteiger partial charge is 0.325 e. The molecule has 0 radical (unpaired) electrons. The predicted molar refractivity (Wildman–Crippen MR) is 229 cm³/mol. The maximum Gasteiger partial charge on any atom is 0.325 e. The fourth-order valence-corrected chi connectivity index (χ4v) is 10.5. The third-order valence-corrected chi connectivity index (χ3v) is 14.4. The number of pyridine rings is 1. The maximum absolute atomic E-state index is 14.4. The van der Waals surface area contributed by atoms with Crippen molar-refractivity contribution in [1.82, 2.24) is 35.2 Å². The van der Waals surface area contributed by atoms with E-state index in [1.807, 2.05) is 6.20 Å². The zero-order valence-corrected chi connectivity index (χ0v) is 36.2. The molecule has 2 aliphatic carbocycles. The van der Waals surface area contributed by atoms with Gasteiger partial charge in [0.05, 0.1) is 34.8 Å². The quantitative estimate of drug-likeness (QED) is 0.199. The Bertz CT molecular complexity index is 2340. The third-order valence-electron chi connectivity index (χ3n) is 13.5.